The van der Waals surface area contributed by atoms with Crippen LogP contribution in [0.1, 0.15) is 32.2 Å². The molecule has 4 aromatic rings. The van der Waals surface area contributed by atoms with Gasteiger partial charge in [-0.1, -0.05) is 43.3 Å². The Morgan fingerprint density at radius 1 is 1.04 bits per heavy atom. The van der Waals surface area contributed by atoms with Gasteiger partial charge in [0, 0.05) is 24.2 Å². The SMILES string of the molecule is CC(C)[C@](C)(c1ccc(-c2cnc(N)nc2)cc1)c1noc(-c2ccn[nH]2)n1. The molecule has 8 heteroatoms. The predicted molar refractivity (Wildman–Crippen MR) is 105 cm³/mol. The number of nitrogens with two attached hydrogens (primary N) is 1. The topological polar surface area (TPSA) is 119 Å². The number of hydrogen-bond donors (Lipinski definition) is 2. The summed E-state index contributed by atoms with van der Waals surface area (Å²) in [5.74, 6) is 1.56. The van der Waals surface area contributed by atoms with E-state index in [1.165, 1.54) is 0 Å². The van der Waals surface area contributed by atoms with Crippen molar-refractivity contribution in [1.29, 1.82) is 0 Å². The van der Waals surface area contributed by atoms with Gasteiger partial charge in [0.25, 0.3) is 5.89 Å². The van der Waals surface area contributed by atoms with Gasteiger partial charge in [-0.3, -0.25) is 5.10 Å². The minimum absolute atomic E-state index is 0.241. The van der Waals surface area contributed by atoms with E-state index in [0.717, 1.165) is 16.7 Å². The molecule has 142 valence electrons. The van der Waals surface area contributed by atoms with Crippen LogP contribution in [0.3, 0.4) is 0 Å². The van der Waals surface area contributed by atoms with E-state index in [-0.39, 0.29) is 11.9 Å². The maximum Gasteiger partial charge on any atom is 0.275 e. The first-order valence-corrected chi connectivity index (χ1v) is 9.01. The number of nitrogen functional groups attached to an aromatic ring is 1. The van der Waals surface area contributed by atoms with Crippen LogP contribution >= 0.6 is 0 Å². The highest BCUT2D eigenvalue weighted by Gasteiger charge is 2.37. The van der Waals surface area contributed by atoms with Crippen LogP contribution in [0.2, 0.25) is 0 Å². The molecule has 8 nitrogen and oxygen atoms in total. The third-order valence-corrected chi connectivity index (χ3v) is 5.27. The zero-order valence-corrected chi connectivity index (χ0v) is 15.9. The molecule has 3 N–H and O–H groups in total. The van der Waals surface area contributed by atoms with Gasteiger partial charge in [-0.05, 0) is 30.0 Å². The molecule has 0 saturated heterocycles. The molecular weight excluding hydrogens is 354 g/mol. The molecule has 3 aromatic heterocycles. The Balaban J connectivity index is 1.70. The zero-order valence-electron chi connectivity index (χ0n) is 15.9. The second-order valence-electron chi connectivity index (χ2n) is 7.16. The number of H-pyrrole nitrogens is 1. The summed E-state index contributed by atoms with van der Waals surface area (Å²) >= 11 is 0. The van der Waals surface area contributed by atoms with Crippen LogP contribution in [0, 0.1) is 5.92 Å². The Morgan fingerprint density at radius 2 is 1.75 bits per heavy atom. The first-order chi connectivity index (χ1) is 13.5. The molecule has 1 aromatic carbocycles. The summed E-state index contributed by atoms with van der Waals surface area (Å²) in [6.45, 7) is 6.42. The van der Waals surface area contributed by atoms with Gasteiger partial charge in [-0.2, -0.15) is 10.1 Å². The minimum atomic E-state index is -0.419. The number of nitrogens with one attached hydrogen (secondary N) is 1. The monoisotopic (exact) mass is 375 g/mol. The van der Waals surface area contributed by atoms with Crippen molar-refractivity contribution < 1.29 is 4.52 Å². The smallest absolute Gasteiger partial charge is 0.275 e. The van der Waals surface area contributed by atoms with Crippen molar-refractivity contribution in [2.75, 3.05) is 5.73 Å². The average Bonchev–Trinajstić information content (AvgIpc) is 3.40. The van der Waals surface area contributed by atoms with Crippen LogP contribution < -0.4 is 5.73 Å². The summed E-state index contributed by atoms with van der Waals surface area (Å²) in [6.07, 6.45) is 5.09. The molecule has 0 amide bonds. The van der Waals surface area contributed by atoms with Crippen molar-refractivity contribution in [3.8, 4) is 22.7 Å². The number of nitrogens with zero attached hydrogens (tertiary/aromatic N) is 5. The first kappa shape index (κ1) is 17.8. The van der Waals surface area contributed by atoms with Crippen molar-refractivity contribution >= 4 is 5.95 Å². The Labute approximate surface area is 162 Å². The van der Waals surface area contributed by atoms with Crippen molar-refractivity contribution in [3.63, 3.8) is 0 Å². The molecule has 0 fully saturated rings. The number of anilines is 1. The fourth-order valence-corrected chi connectivity index (χ4v) is 3.14. The lowest BCUT2D eigenvalue weighted by atomic mass is 9.72. The number of hydrogen-bond acceptors (Lipinski definition) is 7. The molecule has 3 heterocycles. The maximum absolute atomic E-state index is 5.57. The maximum atomic E-state index is 5.57. The molecule has 1 atom stereocenters. The first-order valence-electron chi connectivity index (χ1n) is 9.01. The summed E-state index contributed by atoms with van der Waals surface area (Å²) in [5.41, 5.74) is 8.87. The number of rotatable bonds is 5. The Bertz CT molecular complexity index is 1050. The molecule has 0 unspecified atom stereocenters. The van der Waals surface area contributed by atoms with Gasteiger partial charge >= 0.3 is 0 Å². The van der Waals surface area contributed by atoms with Crippen molar-refractivity contribution in [1.82, 2.24) is 30.3 Å². The van der Waals surface area contributed by atoms with Crippen LogP contribution in [0.5, 0.6) is 0 Å². The third-order valence-electron chi connectivity index (χ3n) is 5.27. The van der Waals surface area contributed by atoms with Gasteiger partial charge in [0.1, 0.15) is 5.69 Å². The highest BCUT2D eigenvalue weighted by atomic mass is 16.5. The lowest BCUT2D eigenvalue weighted by Crippen LogP contribution is -2.31. The summed E-state index contributed by atoms with van der Waals surface area (Å²) in [6, 6.07) is 10.0. The van der Waals surface area contributed by atoms with E-state index in [0.29, 0.717) is 17.4 Å². The molecule has 0 aliphatic carbocycles. The van der Waals surface area contributed by atoms with E-state index < -0.39 is 5.41 Å². The number of aromatic nitrogens is 6. The average molecular weight is 375 g/mol. The van der Waals surface area contributed by atoms with Gasteiger partial charge in [-0.25, -0.2) is 9.97 Å². The van der Waals surface area contributed by atoms with Crippen LogP contribution in [-0.4, -0.2) is 30.3 Å². The van der Waals surface area contributed by atoms with E-state index >= 15 is 0 Å². The number of aromatic amines is 1. The van der Waals surface area contributed by atoms with E-state index in [9.17, 15) is 0 Å². The Hall–Kier alpha value is -3.55. The van der Waals surface area contributed by atoms with Gasteiger partial charge in [0.15, 0.2) is 5.82 Å². The molecule has 0 bridgehead atoms. The molecule has 28 heavy (non-hydrogen) atoms. The number of benzene rings is 1. The van der Waals surface area contributed by atoms with Gasteiger partial charge in [-0.15, -0.1) is 0 Å². The summed E-state index contributed by atoms with van der Waals surface area (Å²) in [4.78, 5) is 12.7. The van der Waals surface area contributed by atoms with Crippen molar-refractivity contribution in [3.05, 3.63) is 60.3 Å². The third kappa shape index (κ3) is 3.02. The van der Waals surface area contributed by atoms with Crippen LogP contribution in [0.25, 0.3) is 22.7 Å². The molecule has 0 saturated carbocycles. The van der Waals surface area contributed by atoms with Gasteiger partial charge < -0.3 is 10.3 Å². The lowest BCUT2D eigenvalue weighted by molar-refractivity contribution is 0.350. The van der Waals surface area contributed by atoms with Crippen molar-refractivity contribution in [2.24, 2.45) is 5.92 Å². The molecule has 0 aliphatic heterocycles. The highest BCUT2D eigenvalue weighted by Crippen LogP contribution is 2.38. The zero-order chi connectivity index (χ0) is 19.7. The molecule has 4 rings (SSSR count). The Kier molecular flexibility index (Phi) is 4.38. The normalized spacial score (nSPS) is 13.6. The van der Waals surface area contributed by atoms with E-state index in [2.05, 4.69) is 63.2 Å². The predicted octanol–water partition coefficient (Wildman–Crippen LogP) is 3.46. The van der Waals surface area contributed by atoms with Crippen LogP contribution in [0.15, 0.2) is 53.4 Å². The van der Waals surface area contributed by atoms with Crippen LogP contribution in [-0.2, 0) is 5.41 Å². The summed E-state index contributed by atoms with van der Waals surface area (Å²) < 4.78 is 5.47. The largest absolute Gasteiger partial charge is 0.368 e. The fourth-order valence-electron chi connectivity index (χ4n) is 3.14. The van der Waals surface area contributed by atoms with Gasteiger partial charge in [0.2, 0.25) is 5.95 Å². The van der Waals surface area contributed by atoms with E-state index in [4.69, 9.17) is 10.3 Å². The van der Waals surface area contributed by atoms with E-state index in [1.807, 2.05) is 12.1 Å². The molecule has 0 aliphatic rings. The van der Waals surface area contributed by atoms with Crippen molar-refractivity contribution in [2.45, 2.75) is 26.2 Å². The standard InChI is InChI=1S/C20H21N7O/c1-12(2)20(3,18-25-17(28-27-18)16-8-9-24-26-16)15-6-4-13(5-7-15)14-10-22-19(21)23-11-14/h4-12H,1-3H3,(H,24,26)(H2,21,22,23)/t20-/m1/s1. The molecule has 0 radical (unpaired) electrons. The fraction of sp³-hybridized carbons (Fsp3) is 0.250. The quantitative estimate of drug-likeness (QED) is 0.548. The minimum Gasteiger partial charge on any atom is -0.368 e. The summed E-state index contributed by atoms with van der Waals surface area (Å²) in [5, 5.41) is 11.1. The second kappa shape index (κ2) is 6.88. The molecular formula is C20H21N7O. The summed E-state index contributed by atoms with van der Waals surface area (Å²) in [7, 11) is 0. The molecule has 0 spiro atoms. The van der Waals surface area contributed by atoms with Crippen LogP contribution in [0.4, 0.5) is 5.95 Å². The van der Waals surface area contributed by atoms with E-state index in [1.54, 1.807) is 24.7 Å². The lowest BCUT2D eigenvalue weighted by Gasteiger charge is -2.31. The van der Waals surface area contributed by atoms with Gasteiger partial charge in [0.05, 0.1) is 5.41 Å². The second-order valence-corrected chi connectivity index (χ2v) is 7.16. The highest BCUT2D eigenvalue weighted by molar-refractivity contribution is 5.62. The Morgan fingerprint density at radius 3 is 2.36 bits per heavy atom.